The number of aryl methyl sites for hydroxylation is 1. The molecule has 90 valence electrons. The second-order valence-electron chi connectivity index (χ2n) is 3.73. The Morgan fingerprint density at radius 3 is 2.76 bits per heavy atom. The molecule has 0 aliphatic rings. The minimum absolute atomic E-state index is 0.691. The second kappa shape index (κ2) is 5.10. The first kappa shape index (κ1) is 12.5. The van der Waals surface area contributed by atoms with E-state index in [-0.39, 0.29) is 0 Å². The van der Waals surface area contributed by atoms with Crippen LogP contribution < -0.4 is 4.74 Å². The lowest BCUT2D eigenvalue weighted by atomic mass is 10.2. The lowest BCUT2D eigenvalue weighted by Crippen LogP contribution is -2.00. The molecule has 0 bridgehead atoms. The van der Waals surface area contributed by atoms with Gasteiger partial charge < -0.3 is 4.74 Å². The van der Waals surface area contributed by atoms with Gasteiger partial charge in [0, 0.05) is 6.20 Å². The molecule has 0 aliphatic heterocycles. The third-order valence-corrected chi connectivity index (χ3v) is 3.44. The van der Waals surface area contributed by atoms with Crippen molar-refractivity contribution >= 4 is 27.5 Å². The Balaban J connectivity index is 2.21. The van der Waals surface area contributed by atoms with Crippen LogP contribution >= 0.6 is 27.5 Å². The molecule has 0 N–H and O–H groups in total. The molecule has 1 aromatic heterocycles. The van der Waals surface area contributed by atoms with E-state index in [1.54, 1.807) is 7.11 Å². The minimum atomic E-state index is 0.691. The summed E-state index contributed by atoms with van der Waals surface area (Å²) in [5, 5.41) is 5.01. The Labute approximate surface area is 113 Å². The molecule has 1 heterocycles. The maximum Gasteiger partial charge on any atom is 0.133 e. The van der Waals surface area contributed by atoms with Gasteiger partial charge in [0.1, 0.15) is 5.75 Å². The molecular weight excluding hydrogens is 304 g/mol. The van der Waals surface area contributed by atoms with Crippen molar-refractivity contribution in [3.8, 4) is 5.75 Å². The first-order valence-corrected chi connectivity index (χ1v) is 6.29. The summed E-state index contributed by atoms with van der Waals surface area (Å²) < 4.78 is 7.95. The van der Waals surface area contributed by atoms with Crippen molar-refractivity contribution in [3.63, 3.8) is 0 Å². The van der Waals surface area contributed by atoms with E-state index in [9.17, 15) is 0 Å². The van der Waals surface area contributed by atoms with Gasteiger partial charge in [-0.25, -0.2) is 0 Å². The van der Waals surface area contributed by atoms with Gasteiger partial charge in [0.15, 0.2) is 0 Å². The van der Waals surface area contributed by atoms with Gasteiger partial charge in [0.25, 0.3) is 0 Å². The van der Waals surface area contributed by atoms with Gasteiger partial charge >= 0.3 is 0 Å². The van der Waals surface area contributed by atoms with E-state index in [2.05, 4.69) is 21.0 Å². The van der Waals surface area contributed by atoms with Gasteiger partial charge in [-0.2, -0.15) is 5.10 Å². The van der Waals surface area contributed by atoms with E-state index in [4.69, 9.17) is 16.3 Å². The Morgan fingerprint density at radius 1 is 1.47 bits per heavy atom. The normalized spacial score (nSPS) is 10.6. The van der Waals surface area contributed by atoms with Gasteiger partial charge in [-0.15, -0.1) is 0 Å². The zero-order chi connectivity index (χ0) is 12.4. The SMILES string of the molecule is COc1ccc(Cn2cc(Cl)c(C)n2)cc1Br. The van der Waals surface area contributed by atoms with Crippen molar-refractivity contribution in [2.24, 2.45) is 0 Å². The van der Waals surface area contributed by atoms with Gasteiger partial charge in [-0.05, 0) is 40.5 Å². The largest absolute Gasteiger partial charge is 0.496 e. The maximum atomic E-state index is 5.96. The second-order valence-corrected chi connectivity index (χ2v) is 4.99. The number of hydrogen-bond acceptors (Lipinski definition) is 2. The van der Waals surface area contributed by atoms with Crippen LogP contribution in [0, 0.1) is 6.92 Å². The Hall–Kier alpha value is -1.00. The predicted molar refractivity (Wildman–Crippen MR) is 71.8 cm³/mol. The highest BCUT2D eigenvalue weighted by atomic mass is 79.9. The van der Waals surface area contributed by atoms with Gasteiger partial charge in [0.05, 0.1) is 28.8 Å². The maximum absolute atomic E-state index is 5.96. The fraction of sp³-hybridized carbons (Fsp3) is 0.250. The average molecular weight is 316 g/mol. The molecule has 0 fully saturated rings. The number of benzene rings is 1. The number of ether oxygens (including phenoxy) is 1. The average Bonchev–Trinajstić information content (AvgIpc) is 2.58. The monoisotopic (exact) mass is 314 g/mol. The Morgan fingerprint density at radius 2 is 2.24 bits per heavy atom. The van der Waals surface area contributed by atoms with Crippen molar-refractivity contribution < 1.29 is 4.74 Å². The van der Waals surface area contributed by atoms with Gasteiger partial charge in [-0.3, -0.25) is 4.68 Å². The molecule has 0 atom stereocenters. The van der Waals surface area contributed by atoms with Crippen LogP contribution in [-0.2, 0) is 6.54 Å². The highest BCUT2D eigenvalue weighted by Crippen LogP contribution is 2.26. The van der Waals surface area contributed by atoms with E-state index >= 15 is 0 Å². The molecule has 0 spiro atoms. The van der Waals surface area contributed by atoms with E-state index in [1.165, 1.54) is 0 Å². The highest BCUT2D eigenvalue weighted by molar-refractivity contribution is 9.10. The first-order valence-electron chi connectivity index (χ1n) is 5.12. The van der Waals surface area contributed by atoms with Crippen LogP contribution in [0.15, 0.2) is 28.9 Å². The molecule has 0 unspecified atom stereocenters. The molecular formula is C12H12BrClN2O. The molecule has 1 aromatic carbocycles. The molecule has 5 heteroatoms. The van der Waals surface area contributed by atoms with Crippen LogP contribution in [0.5, 0.6) is 5.75 Å². The highest BCUT2D eigenvalue weighted by Gasteiger charge is 2.05. The zero-order valence-corrected chi connectivity index (χ0v) is 11.9. The summed E-state index contributed by atoms with van der Waals surface area (Å²) in [4.78, 5) is 0. The van der Waals surface area contributed by atoms with Crippen LogP contribution in [0.25, 0.3) is 0 Å². The Kier molecular flexibility index (Phi) is 3.74. The lowest BCUT2D eigenvalue weighted by Gasteiger charge is -2.06. The van der Waals surface area contributed by atoms with Crippen LogP contribution in [-0.4, -0.2) is 16.9 Å². The number of nitrogens with zero attached hydrogens (tertiary/aromatic N) is 2. The van der Waals surface area contributed by atoms with Gasteiger partial charge in [-0.1, -0.05) is 17.7 Å². The molecule has 17 heavy (non-hydrogen) atoms. The van der Waals surface area contributed by atoms with Crippen molar-refractivity contribution in [3.05, 3.63) is 45.1 Å². The summed E-state index contributed by atoms with van der Waals surface area (Å²) in [5.74, 6) is 0.823. The van der Waals surface area contributed by atoms with Crippen molar-refractivity contribution in [1.29, 1.82) is 0 Å². The lowest BCUT2D eigenvalue weighted by molar-refractivity contribution is 0.412. The standard InChI is InChI=1S/C12H12BrClN2O/c1-8-11(14)7-16(15-8)6-9-3-4-12(17-2)10(13)5-9/h3-5,7H,6H2,1-2H3. The van der Waals surface area contributed by atoms with Crippen LogP contribution in [0.1, 0.15) is 11.3 Å². The third kappa shape index (κ3) is 2.82. The molecule has 2 rings (SSSR count). The number of hydrogen-bond donors (Lipinski definition) is 0. The summed E-state index contributed by atoms with van der Waals surface area (Å²) >= 11 is 9.42. The fourth-order valence-electron chi connectivity index (χ4n) is 1.57. The summed E-state index contributed by atoms with van der Waals surface area (Å²) in [6.07, 6.45) is 1.83. The molecule has 0 saturated heterocycles. The molecule has 0 saturated carbocycles. The number of methoxy groups -OCH3 is 1. The molecule has 2 aromatic rings. The van der Waals surface area contributed by atoms with Gasteiger partial charge in [0.2, 0.25) is 0 Å². The summed E-state index contributed by atoms with van der Waals surface area (Å²) in [7, 11) is 1.65. The summed E-state index contributed by atoms with van der Waals surface area (Å²) in [5.41, 5.74) is 1.98. The van der Waals surface area contributed by atoms with Crippen molar-refractivity contribution in [2.75, 3.05) is 7.11 Å². The van der Waals surface area contributed by atoms with Crippen LogP contribution in [0.3, 0.4) is 0 Å². The van der Waals surface area contributed by atoms with Crippen LogP contribution in [0.2, 0.25) is 5.02 Å². The summed E-state index contributed by atoms with van der Waals surface area (Å²) in [6.45, 7) is 2.58. The van der Waals surface area contributed by atoms with Crippen LogP contribution in [0.4, 0.5) is 0 Å². The van der Waals surface area contributed by atoms with E-state index in [0.717, 1.165) is 21.5 Å². The number of aromatic nitrogens is 2. The third-order valence-electron chi connectivity index (χ3n) is 2.45. The van der Waals surface area contributed by atoms with Crippen molar-refractivity contribution in [1.82, 2.24) is 9.78 Å². The molecule has 0 radical (unpaired) electrons. The minimum Gasteiger partial charge on any atom is -0.496 e. The first-order chi connectivity index (χ1) is 8.10. The molecule has 3 nitrogen and oxygen atoms in total. The smallest absolute Gasteiger partial charge is 0.133 e. The predicted octanol–water partition coefficient (Wildman–Crippen LogP) is 3.66. The van der Waals surface area contributed by atoms with E-state index in [0.29, 0.717) is 11.6 Å². The number of halogens is 2. The zero-order valence-electron chi connectivity index (χ0n) is 9.58. The molecule has 0 amide bonds. The van der Waals surface area contributed by atoms with Crippen molar-refractivity contribution in [2.45, 2.75) is 13.5 Å². The quantitative estimate of drug-likeness (QED) is 0.864. The Bertz CT molecular complexity index is 520. The summed E-state index contributed by atoms with van der Waals surface area (Å²) in [6, 6.07) is 5.95. The van der Waals surface area contributed by atoms with E-state index < -0.39 is 0 Å². The topological polar surface area (TPSA) is 27.1 Å². The fourth-order valence-corrected chi connectivity index (χ4v) is 2.31. The number of rotatable bonds is 3. The molecule has 0 aliphatic carbocycles. The van der Waals surface area contributed by atoms with E-state index in [1.807, 2.05) is 36.0 Å².